The van der Waals surface area contributed by atoms with E-state index in [1.54, 1.807) is 11.8 Å². The first kappa shape index (κ1) is 16.6. The Morgan fingerprint density at radius 2 is 1.77 bits per heavy atom. The molecule has 1 atom stereocenters. The van der Waals surface area contributed by atoms with Crippen molar-refractivity contribution in [1.82, 2.24) is 5.32 Å². The predicted molar refractivity (Wildman–Crippen MR) is 92.9 cm³/mol. The number of nitrogens with one attached hydrogen (secondary N) is 1. The number of thioether (sulfide) groups is 1. The Kier molecular flexibility index (Phi) is 5.63. The summed E-state index contributed by atoms with van der Waals surface area (Å²) < 4.78 is 0. The molecule has 116 valence electrons. The van der Waals surface area contributed by atoms with Gasteiger partial charge >= 0.3 is 0 Å². The number of carbonyl (C=O) groups is 1. The summed E-state index contributed by atoms with van der Waals surface area (Å²) in [7, 11) is 0. The summed E-state index contributed by atoms with van der Waals surface area (Å²) in [5, 5.41) is 2.93. The third kappa shape index (κ3) is 4.12. The van der Waals surface area contributed by atoms with Crippen LogP contribution in [0.4, 0.5) is 0 Å². The van der Waals surface area contributed by atoms with E-state index in [2.05, 4.69) is 30.4 Å². The second kappa shape index (κ2) is 7.47. The Balaban J connectivity index is 2.02. The lowest BCUT2D eigenvalue weighted by Crippen LogP contribution is -2.33. The van der Waals surface area contributed by atoms with E-state index in [0.29, 0.717) is 6.54 Å². The minimum atomic E-state index is -0.635. The molecule has 1 amide bonds. The summed E-state index contributed by atoms with van der Waals surface area (Å²) in [6.45, 7) is 4.57. The van der Waals surface area contributed by atoms with Gasteiger partial charge in [-0.15, -0.1) is 11.8 Å². The van der Waals surface area contributed by atoms with Gasteiger partial charge in [0.2, 0.25) is 5.91 Å². The molecule has 0 spiro atoms. The zero-order valence-corrected chi connectivity index (χ0v) is 14.0. The van der Waals surface area contributed by atoms with Gasteiger partial charge in [-0.05, 0) is 42.9 Å². The molecule has 0 aliphatic carbocycles. The first-order chi connectivity index (χ1) is 10.5. The maximum Gasteiger partial charge on any atom is 0.241 e. The van der Waals surface area contributed by atoms with Gasteiger partial charge < -0.3 is 11.1 Å². The lowest BCUT2D eigenvalue weighted by atomic mass is 10.1. The molecule has 0 aromatic heterocycles. The van der Waals surface area contributed by atoms with Gasteiger partial charge in [-0.2, -0.15) is 0 Å². The first-order valence-electron chi connectivity index (χ1n) is 7.24. The van der Waals surface area contributed by atoms with Crippen molar-refractivity contribution in [2.45, 2.75) is 31.3 Å². The zero-order valence-electron chi connectivity index (χ0n) is 13.2. The number of carbonyl (C=O) groups excluding carboxylic acids is 1. The summed E-state index contributed by atoms with van der Waals surface area (Å²) in [5.74, 6) is -0.156. The van der Waals surface area contributed by atoms with Crippen LogP contribution in [0.5, 0.6) is 0 Å². The van der Waals surface area contributed by atoms with Gasteiger partial charge in [-0.25, -0.2) is 0 Å². The van der Waals surface area contributed by atoms with Crippen LogP contribution in [0, 0.1) is 13.8 Å². The van der Waals surface area contributed by atoms with E-state index in [4.69, 9.17) is 5.73 Å². The third-order valence-corrected chi connectivity index (χ3v) is 4.43. The summed E-state index contributed by atoms with van der Waals surface area (Å²) in [6.07, 6.45) is 2.04. The Labute approximate surface area is 136 Å². The number of hydrogen-bond acceptors (Lipinski definition) is 3. The van der Waals surface area contributed by atoms with Crippen LogP contribution in [0.15, 0.2) is 47.4 Å². The molecule has 3 N–H and O–H groups in total. The van der Waals surface area contributed by atoms with Crippen LogP contribution in [0.25, 0.3) is 0 Å². The van der Waals surface area contributed by atoms with Gasteiger partial charge in [-0.3, -0.25) is 4.79 Å². The Bertz CT molecular complexity index is 653. The number of rotatable bonds is 5. The molecule has 0 fully saturated rings. The molecular formula is C18H22N2OS. The van der Waals surface area contributed by atoms with E-state index in [9.17, 15) is 4.79 Å². The standard InChI is InChI=1S/C18H22N2OS/c1-12-4-7-14(8-5-12)17(19)18(21)20-11-15-9-6-13(2)10-16(15)22-3/h4-10,17H,11,19H2,1-3H3,(H,20,21). The van der Waals surface area contributed by atoms with E-state index in [-0.39, 0.29) is 5.91 Å². The van der Waals surface area contributed by atoms with E-state index in [1.807, 2.05) is 37.4 Å². The molecule has 0 aliphatic heterocycles. The van der Waals surface area contributed by atoms with Gasteiger partial charge in [0, 0.05) is 11.4 Å². The number of benzene rings is 2. The molecule has 0 aliphatic rings. The number of hydrogen-bond donors (Lipinski definition) is 2. The molecule has 1 unspecified atom stereocenters. The zero-order chi connectivity index (χ0) is 16.1. The molecule has 0 radical (unpaired) electrons. The third-order valence-electron chi connectivity index (χ3n) is 3.61. The van der Waals surface area contributed by atoms with Crippen molar-refractivity contribution in [3.63, 3.8) is 0 Å². The minimum Gasteiger partial charge on any atom is -0.350 e. The fraction of sp³-hybridized carbons (Fsp3) is 0.278. The first-order valence-corrected chi connectivity index (χ1v) is 8.47. The molecule has 4 heteroatoms. The molecule has 0 saturated heterocycles. The van der Waals surface area contributed by atoms with Crippen LogP contribution < -0.4 is 11.1 Å². The van der Waals surface area contributed by atoms with E-state index < -0.39 is 6.04 Å². The predicted octanol–water partition coefficient (Wildman–Crippen LogP) is 3.34. The minimum absolute atomic E-state index is 0.156. The van der Waals surface area contributed by atoms with E-state index in [0.717, 1.165) is 16.7 Å². The number of amides is 1. The van der Waals surface area contributed by atoms with Crippen molar-refractivity contribution in [2.24, 2.45) is 5.73 Å². The van der Waals surface area contributed by atoms with Crippen molar-refractivity contribution in [2.75, 3.05) is 6.26 Å². The van der Waals surface area contributed by atoms with Crippen molar-refractivity contribution < 1.29 is 4.79 Å². The maximum absolute atomic E-state index is 12.2. The highest BCUT2D eigenvalue weighted by Crippen LogP contribution is 2.22. The number of aryl methyl sites for hydroxylation is 2. The second-order valence-electron chi connectivity index (χ2n) is 5.42. The van der Waals surface area contributed by atoms with Gasteiger partial charge in [-0.1, -0.05) is 42.0 Å². The second-order valence-corrected chi connectivity index (χ2v) is 6.27. The molecule has 0 heterocycles. The highest BCUT2D eigenvalue weighted by Gasteiger charge is 2.15. The molecule has 0 bridgehead atoms. The van der Waals surface area contributed by atoms with Crippen molar-refractivity contribution in [3.8, 4) is 0 Å². The molecule has 22 heavy (non-hydrogen) atoms. The normalized spacial score (nSPS) is 12.0. The van der Waals surface area contributed by atoms with Gasteiger partial charge in [0.15, 0.2) is 0 Å². The quantitative estimate of drug-likeness (QED) is 0.832. The van der Waals surface area contributed by atoms with Crippen molar-refractivity contribution in [3.05, 3.63) is 64.7 Å². The Hall–Kier alpha value is -1.78. The highest BCUT2D eigenvalue weighted by atomic mass is 32.2. The SMILES string of the molecule is CSc1cc(C)ccc1CNC(=O)C(N)c1ccc(C)cc1. The molecule has 2 aromatic rings. The van der Waals surface area contributed by atoms with Crippen LogP contribution in [0.1, 0.15) is 28.3 Å². The maximum atomic E-state index is 12.2. The van der Waals surface area contributed by atoms with Gasteiger partial charge in [0.05, 0.1) is 0 Å². The molecule has 0 saturated carbocycles. The van der Waals surface area contributed by atoms with Crippen LogP contribution in [0.2, 0.25) is 0 Å². The molecule has 3 nitrogen and oxygen atoms in total. The molecular weight excluding hydrogens is 292 g/mol. The fourth-order valence-corrected chi connectivity index (χ4v) is 2.92. The Morgan fingerprint density at radius 3 is 2.41 bits per heavy atom. The van der Waals surface area contributed by atoms with Gasteiger partial charge in [0.25, 0.3) is 0 Å². The lowest BCUT2D eigenvalue weighted by molar-refractivity contribution is -0.122. The summed E-state index contributed by atoms with van der Waals surface area (Å²) in [4.78, 5) is 13.4. The van der Waals surface area contributed by atoms with Gasteiger partial charge in [0.1, 0.15) is 6.04 Å². The van der Waals surface area contributed by atoms with Crippen LogP contribution in [-0.2, 0) is 11.3 Å². The topological polar surface area (TPSA) is 55.1 Å². The average molecular weight is 314 g/mol. The smallest absolute Gasteiger partial charge is 0.241 e. The highest BCUT2D eigenvalue weighted by molar-refractivity contribution is 7.98. The van der Waals surface area contributed by atoms with E-state index in [1.165, 1.54) is 10.5 Å². The fourth-order valence-electron chi connectivity index (χ4n) is 2.22. The van der Waals surface area contributed by atoms with Crippen molar-refractivity contribution in [1.29, 1.82) is 0 Å². The average Bonchev–Trinajstić information content (AvgIpc) is 2.53. The van der Waals surface area contributed by atoms with E-state index >= 15 is 0 Å². The van der Waals surface area contributed by atoms with Crippen LogP contribution >= 0.6 is 11.8 Å². The summed E-state index contributed by atoms with van der Waals surface area (Å²) in [6, 6.07) is 13.3. The lowest BCUT2D eigenvalue weighted by Gasteiger charge is -2.14. The summed E-state index contributed by atoms with van der Waals surface area (Å²) >= 11 is 1.69. The largest absolute Gasteiger partial charge is 0.350 e. The van der Waals surface area contributed by atoms with Crippen molar-refractivity contribution >= 4 is 17.7 Å². The molecule has 2 rings (SSSR count). The monoisotopic (exact) mass is 314 g/mol. The number of nitrogens with two attached hydrogens (primary N) is 1. The summed E-state index contributed by atoms with van der Waals surface area (Å²) in [5.41, 5.74) is 10.3. The van der Waals surface area contributed by atoms with Crippen LogP contribution in [0.3, 0.4) is 0 Å². The Morgan fingerprint density at radius 1 is 1.14 bits per heavy atom. The van der Waals surface area contributed by atoms with Crippen LogP contribution in [-0.4, -0.2) is 12.2 Å². The molecule has 2 aromatic carbocycles.